The summed E-state index contributed by atoms with van der Waals surface area (Å²) in [7, 11) is 0. The van der Waals surface area contributed by atoms with Gasteiger partial charge in [0, 0.05) is 54.5 Å². The highest BCUT2D eigenvalue weighted by Crippen LogP contribution is 2.46. The molecule has 7 aromatic rings. The quantitative estimate of drug-likeness (QED) is 0.0424. The molecule has 4 aliphatic rings. The van der Waals surface area contributed by atoms with Gasteiger partial charge in [0.1, 0.15) is 17.8 Å². The van der Waals surface area contributed by atoms with E-state index in [4.69, 9.17) is 4.74 Å². The van der Waals surface area contributed by atoms with Crippen molar-refractivity contribution in [2.45, 2.75) is 123 Å². The van der Waals surface area contributed by atoms with Gasteiger partial charge in [0.05, 0.1) is 45.6 Å². The van der Waals surface area contributed by atoms with Crippen LogP contribution in [0.4, 0.5) is 10.3 Å². The number of anilines is 2. The number of hydrogen-bond donors (Lipinski definition) is 5. The zero-order valence-electron chi connectivity index (χ0n) is 49.0. The summed E-state index contributed by atoms with van der Waals surface area (Å²) in [5.41, 5.74) is 8.70. The van der Waals surface area contributed by atoms with Crippen molar-refractivity contribution in [2.24, 2.45) is 16.7 Å². The van der Waals surface area contributed by atoms with Gasteiger partial charge in [0.25, 0.3) is 5.91 Å². The molecule has 3 atom stereocenters. The molecule has 3 fully saturated rings. The van der Waals surface area contributed by atoms with E-state index in [-0.39, 0.29) is 60.8 Å². The Balaban J connectivity index is 0.601. The molecule has 3 aromatic heterocycles. The van der Waals surface area contributed by atoms with Crippen molar-refractivity contribution in [2.75, 3.05) is 49.5 Å². The van der Waals surface area contributed by atoms with Gasteiger partial charge in [-0.3, -0.25) is 29.4 Å². The number of aryl methyl sites for hydroxylation is 2. The van der Waals surface area contributed by atoms with E-state index in [2.05, 4.69) is 52.5 Å². The summed E-state index contributed by atoms with van der Waals surface area (Å²) in [6.07, 6.45) is 7.29. The maximum absolute atomic E-state index is 14.3. The van der Waals surface area contributed by atoms with E-state index in [0.29, 0.717) is 65.6 Å². The highest BCUT2D eigenvalue weighted by molar-refractivity contribution is 7.22. The number of fused-ring (bicyclic) bond motifs is 2. The molecular formula is C66H73N9O8S3. The van der Waals surface area contributed by atoms with Gasteiger partial charge in [-0.25, -0.2) is 19.7 Å². The fourth-order valence-corrected chi connectivity index (χ4v) is 15.1. The van der Waals surface area contributed by atoms with E-state index < -0.39 is 29.6 Å². The van der Waals surface area contributed by atoms with E-state index in [9.17, 15) is 34.2 Å². The third-order valence-corrected chi connectivity index (χ3v) is 20.4. The highest BCUT2D eigenvalue weighted by Gasteiger charge is 2.45. The van der Waals surface area contributed by atoms with Crippen LogP contribution in [0.15, 0.2) is 96.5 Å². The number of hydrogen-bond acceptors (Lipinski definition) is 15. The molecule has 4 aromatic carbocycles. The summed E-state index contributed by atoms with van der Waals surface area (Å²) in [5, 5.41) is 31.0. The number of carbonyl (C=O) groups excluding carboxylic acids is 4. The topological polar surface area (TPSA) is 220 Å². The number of para-hydroxylation sites is 1. The Bertz CT molecular complexity index is 3640. The van der Waals surface area contributed by atoms with Crippen molar-refractivity contribution < 1.29 is 38.9 Å². The van der Waals surface area contributed by atoms with Crippen molar-refractivity contribution in [1.82, 2.24) is 35.4 Å². The Morgan fingerprint density at radius 2 is 1.66 bits per heavy atom. The van der Waals surface area contributed by atoms with Crippen LogP contribution in [0.1, 0.15) is 126 Å². The van der Waals surface area contributed by atoms with Crippen molar-refractivity contribution in [3.63, 3.8) is 0 Å². The number of nitrogens with zero attached hydrogens (tertiary/aromatic N) is 6. The Morgan fingerprint density at radius 3 is 2.38 bits per heavy atom. The van der Waals surface area contributed by atoms with Gasteiger partial charge in [0.15, 0.2) is 16.0 Å². The molecule has 3 aliphatic heterocycles. The zero-order valence-corrected chi connectivity index (χ0v) is 51.5. The molecule has 0 bridgehead atoms. The number of aliphatic hydroxyl groups excluding tert-OH is 1. The fourth-order valence-electron chi connectivity index (χ4n) is 12.4. The minimum atomic E-state index is -1.07. The molecule has 448 valence electrons. The Labute approximate surface area is 513 Å². The van der Waals surface area contributed by atoms with Gasteiger partial charge >= 0.3 is 5.97 Å². The largest absolute Gasteiger partial charge is 0.494 e. The number of aliphatic hydroxyl groups is 1. The van der Waals surface area contributed by atoms with Crippen LogP contribution in [0.3, 0.4) is 0 Å². The molecule has 17 nitrogen and oxygen atoms in total. The second kappa shape index (κ2) is 26.2. The fraction of sp³-hybridized carbons (Fsp3) is 0.424. The molecule has 1 spiro atoms. The molecular weight excluding hydrogens is 1140 g/mol. The van der Waals surface area contributed by atoms with Gasteiger partial charge in [-0.15, -0.1) is 22.7 Å². The van der Waals surface area contributed by atoms with Crippen LogP contribution in [-0.2, 0) is 40.3 Å². The number of aromatic nitrogens is 3. The number of nitrogens with one attached hydrogen (secondary N) is 3. The number of piperidine rings is 1. The van der Waals surface area contributed by atoms with Crippen LogP contribution in [0.5, 0.6) is 5.75 Å². The van der Waals surface area contributed by atoms with Gasteiger partial charge < -0.3 is 35.4 Å². The first-order chi connectivity index (χ1) is 41.4. The lowest BCUT2D eigenvalue weighted by molar-refractivity contribution is -0.144. The van der Waals surface area contributed by atoms with E-state index in [1.807, 2.05) is 124 Å². The molecule has 6 heterocycles. The van der Waals surface area contributed by atoms with Crippen LogP contribution < -0.4 is 25.6 Å². The van der Waals surface area contributed by atoms with Crippen molar-refractivity contribution in [1.29, 1.82) is 0 Å². The summed E-state index contributed by atoms with van der Waals surface area (Å²) < 4.78 is 7.10. The second-order valence-electron chi connectivity index (χ2n) is 24.4. The number of likely N-dealkylation sites (tertiary alicyclic amines) is 2. The summed E-state index contributed by atoms with van der Waals surface area (Å²) in [4.78, 5) is 88.6. The number of carboxylic acids is 1. The normalized spacial score (nSPS) is 18.2. The summed E-state index contributed by atoms with van der Waals surface area (Å²) in [5.74, 6) is 5.73. The van der Waals surface area contributed by atoms with Crippen molar-refractivity contribution >= 4 is 84.1 Å². The Morgan fingerprint density at radius 1 is 0.895 bits per heavy atom. The summed E-state index contributed by atoms with van der Waals surface area (Å²) in [6, 6.07) is 27.5. The molecule has 0 unspecified atom stereocenters. The second-order valence-corrected chi connectivity index (χ2v) is 27.3. The number of aromatic carboxylic acids is 1. The first-order valence-corrected chi connectivity index (χ1v) is 32.2. The molecule has 11 rings (SSSR count). The van der Waals surface area contributed by atoms with Crippen LogP contribution >= 0.6 is 34.0 Å². The molecule has 86 heavy (non-hydrogen) atoms. The zero-order chi connectivity index (χ0) is 60.1. The number of amides is 4. The minimum Gasteiger partial charge on any atom is -0.494 e. The molecule has 2 saturated heterocycles. The van der Waals surface area contributed by atoms with E-state index >= 15 is 0 Å². The predicted octanol–water partition coefficient (Wildman–Crippen LogP) is 10.1. The third-order valence-electron chi connectivity index (χ3n) is 17.3. The van der Waals surface area contributed by atoms with Gasteiger partial charge in [-0.05, 0) is 153 Å². The minimum absolute atomic E-state index is 0.0187. The number of carboxylic acid groups (broad SMARTS) is 1. The molecule has 5 N–H and O–H groups in total. The monoisotopic (exact) mass is 1220 g/mol. The van der Waals surface area contributed by atoms with Gasteiger partial charge in [-0.1, -0.05) is 92.5 Å². The van der Waals surface area contributed by atoms with E-state index in [1.54, 1.807) is 11.3 Å². The Hall–Kier alpha value is -7.54. The first kappa shape index (κ1) is 60.2. The SMILES string of the molecule is Cc1ncsc1-c1ccc(CNC(=O)[C@@H]2C[C@@H](O)CN2C(=O)[C@@H](NC(=O)CN2CCC3(CCC(C#Cc4ccc(OCCCc5sc(N6CCc7cccc(C(=O)Nc8nc9ccccc9s8)c7C6)nc5C(=O)O)cc4)CC3)CC2)C(C)(C)C)cc1. The smallest absolute Gasteiger partial charge is 0.355 e. The third kappa shape index (κ3) is 14.1. The van der Waals surface area contributed by atoms with Crippen LogP contribution in [0, 0.1) is 35.5 Å². The van der Waals surface area contributed by atoms with E-state index in [0.717, 1.165) is 106 Å². The lowest BCUT2D eigenvalue weighted by atomic mass is 9.65. The molecule has 1 aliphatic carbocycles. The number of benzene rings is 4. The molecule has 20 heteroatoms. The summed E-state index contributed by atoms with van der Waals surface area (Å²) >= 11 is 4.40. The number of rotatable bonds is 17. The lowest BCUT2D eigenvalue weighted by Gasteiger charge is -2.45. The number of ether oxygens (including phenoxy) is 1. The summed E-state index contributed by atoms with van der Waals surface area (Å²) in [6.45, 7) is 11.2. The van der Waals surface area contributed by atoms with Crippen molar-refractivity contribution in [3.8, 4) is 28.0 Å². The van der Waals surface area contributed by atoms with Crippen LogP contribution in [0.25, 0.3) is 20.7 Å². The standard InChI is InChI=1S/C66H73N9O8S3/c1-41-57(84-40-68-41)46-20-16-44(17-21-46)36-67-60(79)52-35-47(76)37-75(52)61(80)58(65(2,3)4)70-55(77)39-73-32-29-66(30-33-73)27-24-43(25-28-66)15-14-42-18-22-48(23-19-42)83-34-8-13-54-56(62(81)82)71-64(86-54)74-31-26-45-9-7-10-49(50(45)38-74)59(78)72-63-69-51-11-5-6-12-53(51)85-63/h5-7,9-12,16-23,40,43,47,52,58,76H,8,13,24-39H2,1-4H3,(H,67,79)(H,70,77)(H,81,82)(H,69,72,78)/t47-,52+,58-/m1/s1. The van der Waals surface area contributed by atoms with Crippen LogP contribution in [-0.4, -0.2) is 122 Å². The number of carbonyl (C=O) groups is 5. The number of β-amino-alcohol motifs (C(OH)–C–C–N with tert-alkyl or cyclic N) is 1. The molecule has 1 saturated carbocycles. The maximum Gasteiger partial charge on any atom is 0.355 e. The predicted molar refractivity (Wildman–Crippen MR) is 337 cm³/mol. The molecule has 0 radical (unpaired) electrons. The lowest BCUT2D eigenvalue weighted by Crippen LogP contribution is -2.59. The maximum atomic E-state index is 14.3. The van der Waals surface area contributed by atoms with Gasteiger partial charge in [0.2, 0.25) is 17.7 Å². The van der Waals surface area contributed by atoms with Crippen molar-refractivity contribution in [3.05, 3.63) is 141 Å². The van der Waals surface area contributed by atoms with Crippen LogP contribution in [0.2, 0.25) is 0 Å². The highest BCUT2D eigenvalue weighted by atomic mass is 32.1. The first-order valence-electron chi connectivity index (χ1n) is 29.7. The van der Waals surface area contributed by atoms with Gasteiger partial charge in [-0.2, -0.15) is 0 Å². The van der Waals surface area contributed by atoms with E-state index in [1.165, 1.54) is 27.6 Å². The average molecular weight is 1220 g/mol. The molecule has 4 amide bonds. The average Bonchev–Trinajstić information content (AvgIpc) is 3.32. The Kier molecular flexibility index (Phi) is 18.3. The number of thiazole rings is 3.